The molecule has 0 bridgehead atoms. The first kappa shape index (κ1) is 13.0. The van der Waals surface area contributed by atoms with E-state index in [-0.39, 0.29) is 4.21 Å². The molecule has 0 saturated carbocycles. The summed E-state index contributed by atoms with van der Waals surface area (Å²) in [5.74, 6) is 0. The van der Waals surface area contributed by atoms with Crippen LogP contribution in [0.15, 0.2) is 38.3 Å². The third-order valence-electron chi connectivity index (χ3n) is 2.34. The van der Waals surface area contributed by atoms with Crippen LogP contribution in [0, 0.1) is 0 Å². The summed E-state index contributed by atoms with van der Waals surface area (Å²) in [6.45, 7) is 0. The second-order valence-corrected chi connectivity index (χ2v) is 8.50. The number of sulfonamides is 1. The van der Waals surface area contributed by atoms with E-state index in [1.807, 2.05) is 0 Å². The Morgan fingerprint density at radius 3 is 2.74 bits per heavy atom. The third kappa shape index (κ3) is 2.50. The summed E-state index contributed by atoms with van der Waals surface area (Å²) in [5, 5.41) is 0. The Kier molecular flexibility index (Phi) is 3.29. The van der Waals surface area contributed by atoms with E-state index < -0.39 is 10.0 Å². The highest BCUT2D eigenvalue weighted by Crippen LogP contribution is 2.29. The summed E-state index contributed by atoms with van der Waals surface area (Å²) in [5.41, 5.74) is 1.68. The van der Waals surface area contributed by atoms with Gasteiger partial charge >= 0.3 is 0 Å². The van der Waals surface area contributed by atoms with Crippen LogP contribution in [0.2, 0.25) is 0 Å². The van der Waals surface area contributed by atoms with Crippen LogP contribution < -0.4 is 4.72 Å². The quantitative estimate of drug-likeness (QED) is 0.761. The fourth-order valence-electron chi connectivity index (χ4n) is 1.53. The first-order valence-corrected chi connectivity index (χ1v) is 8.88. The molecule has 1 N–H and O–H groups in total. The van der Waals surface area contributed by atoms with Gasteiger partial charge in [-0.2, -0.15) is 8.75 Å². The highest BCUT2D eigenvalue weighted by Gasteiger charge is 2.18. The minimum atomic E-state index is -3.59. The molecule has 2 heterocycles. The van der Waals surface area contributed by atoms with Crippen molar-refractivity contribution in [3.63, 3.8) is 0 Å². The smallest absolute Gasteiger partial charge is 0.271 e. The SMILES string of the molecule is O=S(=O)(Nc1cccc2nsnc12)c1ccc(Br)s1. The summed E-state index contributed by atoms with van der Waals surface area (Å²) in [6, 6.07) is 8.45. The molecule has 0 fully saturated rings. The van der Waals surface area contributed by atoms with E-state index in [1.54, 1.807) is 30.3 Å². The van der Waals surface area contributed by atoms with Crippen molar-refractivity contribution in [1.29, 1.82) is 0 Å². The van der Waals surface area contributed by atoms with Crippen molar-refractivity contribution in [2.24, 2.45) is 0 Å². The maximum atomic E-state index is 12.2. The van der Waals surface area contributed by atoms with Crippen molar-refractivity contribution < 1.29 is 8.42 Å². The fourth-order valence-corrected chi connectivity index (χ4v) is 5.15. The molecule has 1 aromatic carbocycles. The molecular weight excluding hydrogens is 370 g/mol. The minimum Gasteiger partial charge on any atom is -0.277 e. The number of hydrogen-bond donors (Lipinski definition) is 1. The van der Waals surface area contributed by atoms with Gasteiger partial charge in [-0.3, -0.25) is 4.72 Å². The maximum Gasteiger partial charge on any atom is 0.271 e. The second-order valence-electron chi connectivity index (χ2n) is 3.60. The van der Waals surface area contributed by atoms with Gasteiger partial charge in [0.1, 0.15) is 15.2 Å². The van der Waals surface area contributed by atoms with Gasteiger partial charge in [0.05, 0.1) is 21.2 Å². The largest absolute Gasteiger partial charge is 0.277 e. The first-order valence-electron chi connectivity index (χ1n) is 5.06. The Hall–Kier alpha value is -1.03. The number of aromatic nitrogens is 2. The van der Waals surface area contributed by atoms with Crippen LogP contribution >= 0.6 is 39.0 Å². The molecule has 0 aliphatic rings. The number of halogens is 1. The minimum absolute atomic E-state index is 0.250. The molecule has 0 unspecified atom stereocenters. The van der Waals surface area contributed by atoms with E-state index in [4.69, 9.17) is 0 Å². The molecule has 0 spiro atoms. The van der Waals surface area contributed by atoms with Crippen LogP contribution in [-0.4, -0.2) is 17.2 Å². The Morgan fingerprint density at radius 1 is 1.16 bits per heavy atom. The van der Waals surface area contributed by atoms with E-state index in [0.717, 1.165) is 26.9 Å². The van der Waals surface area contributed by atoms with Gasteiger partial charge in [-0.05, 0) is 40.2 Å². The van der Waals surface area contributed by atoms with Gasteiger partial charge in [0, 0.05) is 0 Å². The number of anilines is 1. The lowest BCUT2D eigenvalue weighted by Gasteiger charge is -2.06. The molecule has 0 aliphatic heterocycles. The van der Waals surface area contributed by atoms with Crippen molar-refractivity contribution in [2.75, 3.05) is 4.72 Å². The van der Waals surface area contributed by atoms with Gasteiger partial charge < -0.3 is 0 Å². The molecule has 0 atom stereocenters. The Morgan fingerprint density at radius 2 is 2.00 bits per heavy atom. The topological polar surface area (TPSA) is 72.0 Å². The van der Waals surface area contributed by atoms with Gasteiger partial charge in [-0.1, -0.05) is 6.07 Å². The zero-order valence-electron chi connectivity index (χ0n) is 9.20. The predicted octanol–water partition coefficient (Wildman–Crippen LogP) is 3.32. The lowest BCUT2D eigenvalue weighted by molar-refractivity contribution is 0.603. The van der Waals surface area contributed by atoms with Crippen LogP contribution in [0.1, 0.15) is 0 Å². The van der Waals surface area contributed by atoms with Crippen molar-refractivity contribution in [3.8, 4) is 0 Å². The number of fused-ring (bicyclic) bond motifs is 1. The molecule has 0 radical (unpaired) electrons. The van der Waals surface area contributed by atoms with E-state index in [2.05, 4.69) is 29.4 Å². The van der Waals surface area contributed by atoms with E-state index in [1.165, 1.54) is 0 Å². The van der Waals surface area contributed by atoms with Gasteiger partial charge in [0.15, 0.2) is 0 Å². The summed E-state index contributed by atoms with van der Waals surface area (Å²) in [7, 11) is -3.59. The lowest BCUT2D eigenvalue weighted by Crippen LogP contribution is -2.11. The van der Waals surface area contributed by atoms with Crippen molar-refractivity contribution in [2.45, 2.75) is 4.21 Å². The standard InChI is InChI=1S/C10H6BrN3O2S3/c11-8-4-5-9(17-8)19(15,16)14-7-3-1-2-6-10(7)13-18-12-6/h1-5,14H. The van der Waals surface area contributed by atoms with E-state index >= 15 is 0 Å². The summed E-state index contributed by atoms with van der Waals surface area (Å²) in [4.78, 5) is 0. The average Bonchev–Trinajstić information content (AvgIpc) is 2.97. The van der Waals surface area contributed by atoms with Gasteiger partial charge in [-0.15, -0.1) is 11.3 Å². The van der Waals surface area contributed by atoms with Crippen LogP contribution in [0.5, 0.6) is 0 Å². The predicted molar refractivity (Wildman–Crippen MR) is 80.2 cm³/mol. The molecule has 0 saturated heterocycles. The van der Waals surface area contributed by atoms with Crippen molar-refractivity contribution >= 4 is 65.7 Å². The van der Waals surface area contributed by atoms with Gasteiger partial charge in [-0.25, -0.2) is 8.42 Å². The highest BCUT2D eigenvalue weighted by molar-refractivity contribution is 9.11. The molecule has 0 aliphatic carbocycles. The van der Waals surface area contributed by atoms with Crippen molar-refractivity contribution in [3.05, 3.63) is 34.1 Å². The van der Waals surface area contributed by atoms with Gasteiger partial charge in [0.25, 0.3) is 10.0 Å². The van der Waals surface area contributed by atoms with Crippen LogP contribution in [0.4, 0.5) is 5.69 Å². The fraction of sp³-hybridized carbons (Fsp3) is 0. The molecule has 0 amide bonds. The van der Waals surface area contributed by atoms with Crippen molar-refractivity contribution in [1.82, 2.24) is 8.75 Å². The number of thiophene rings is 1. The maximum absolute atomic E-state index is 12.2. The van der Waals surface area contributed by atoms with Crippen LogP contribution in [0.25, 0.3) is 11.0 Å². The number of hydrogen-bond acceptors (Lipinski definition) is 6. The molecule has 5 nitrogen and oxygen atoms in total. The van der Waals surface area contributed by atoms with E-state index in [0.29, 0.717) is 16.7 Å². The number of nitrogens with zero attached hydrogens (tertiary/aromatic N) is 2. The number of rotatable bonds is 3. The van der Waals surface area contributed by atoms with Gasteiger partial charge in [0.2, 0.25) is 0 Å². The zero-order chi connectivity index (χ0) is 13.5. The molecule has 3 aromatic rings. The summed E-state index contributed by atoms with van der Waals surface area (Å²) < 4.78 is 36.2. The molecular formula is C10H6BrN3O2S3. The Balaban J connectivity index is 2.03. The van der Waals surface area contributed by atoms with Crippen LogP contribution in [0.3, 0.4) is 0 Å². The average molecular weight is 376 g/mol. The Labute approximate surface area is 125 Å². The Bertz CT molecular complexity index is 840. The summed E-state index contributed by atoms with van der Waals surface area (Å²) in [6.07, 6.45) is 0. The molecule has 98 valence electrons. The molecule has 19 heavy (non-hydrogen) atoms. The highest BCUT2D eigenvalue weighted by atomic mass is 79.9. The monoisotopic (exact) mass is 375 g/mol. The lowest BCUT2D eigenvalue weighted by atomic mass is 10.3. The molecule has 9 heteroatoms. The number of nitrogens with one attached hydrogen (secondary N) is 1. The first-order chi connectivity index (χ1) is 9.06. The molecule has 3 rings (SSSR count). The van der Waals surface area contributed by atoms with Crippen LogP contribution in [-0.2, 0) is 10.0 Å². The third-order valence-corrected chi connectivity index (χ3v) is 6.37. The van der Waals surface area contributed by atoms with E-state index in [9.17, 15) is 8.42 Å². The molecule has 2 aromatic heterocycles. The zero-order valence-corrected chi connectivity index (χ0v) is 13.2. The normalized spacial score (nSPS) is 11.8. The number of benzene rings is 1. The second kappa shape index (κ2) is 4.82. The summed E-state index contributed by atoms with van der Waals surface area (Å²) >= 11 is 5.46.